The van der Waals surface area contributed by atoms with Gasteiger partial charge in [0.05, 0.1) is 15.4 Å². The predicted octanol–water partition coefficient (Wildman–Crippen LogP) is 2.31. The summed E-state index contributed by atoms with van der Waals surface area (Å²) in [4.78, 5) is 11.9. The zero-order chi connectivity index (χ0) is 13.2. The van der Waals surface area contributed by atoms with Crippen LogP contribution in [0.5, 0.6) is 0 Å². The second-order valence-electron chi connectivity index (χ2n) is 3.80. The van der Waals surface area contributed by atoms with Crippen LogP contribution in [0.15, 0.2) is 11.2 Å². The van der Waals surface area contributed by atoms with E-state index in [4.69, 9.17) is 34.1 Å². The third-order valence-electron chi connectivity index (χ3n) is 2.08. The fraction of sp³-hybridized carbons (Fsp3) is 0.333. The van der Waals surface area contributed by atoms with Gasteiger partial charge in [0.2, 0.25) is 0 Å². The maximum atomic E-state index is 11.9. The fourth-order valence-electron chi connectivity index (χ4n) is 1.04. The van der Waals surface area contributed by atoms with Gasteiger partial charge in [0.15, 0.2) is 5.84 Å². The third-order valence-corrected chi connectivity index (χ3v) is 3.56. The molecule has 1 aromatic rings. The maximum Gasteiger partial charge on any atom is 0.254 e. The summed E-state index contributed by atoms with van der Waals surface area (Å²) in [6.45, 7) is 3.20. The molecule has 0 aliphatic carbocycles. The Labute approximate surface area is 112 Å². The molecule has 1 aromatic heterocycles. The first kappa shape index (κ1) is 14.1. The van der Waals surface area contributed by atoms with Gasteiger partial charge in [-0.2, -0.15) is 0 Å². The Bertz CT molecular complexity index is 471. The molecule has 0 radical (unpaired) electrons. The Morgan fingerprint density at radius 3 is 2.59 bits per heavy atom. The van der Waals surface area contributed by atoms with Crippen molar-refractivity contribution in [2.75, 3.05) is 0 Å². The van der Waals surface area contributed by atoms with Gasteiger partial charge in [-0.05, 0) is 19.9 Å². The molecule has 8 heteroatoms. The van der Waals surface area contributed by atoms with Gasteiger partial charge in [-0.1, -0.05) is 28.4 Å². The van der Waals surface area contributed by atoms with Crippen LogP contribution >= 0.6 is 34.5 Å². The Kier molecular flexibility index (Phi) is 4.24. The third kappa shape index (κ3) is 3.24. The smallest absolute Gasteiger partial charge is 0.254 e. The molecule has 0 fully saturated rings. The topological polar surface area (TPSA) is 87.7 Å². The first-order chi connectivity index (χ1) is 7.77. The molecule has 1 rings (SSSR count). The summed E-state index contributed by atoms with van der Waals surface area (Å²) in [5, 5.41) is 14.0. The van der Waals surface area contributed by atoms with Crippen molar-refractivity contribution in [3.63, 3.8) is 0 Å². The molecule has 0 atom stereocenters. The number of nitrogens with two attached hydrogens (primary N) is 1. The Balaban J connectivity index is 2.90. The lowest BCUT2D eigenvalue weighted by molar-refractivity contribution is 0.0931. The summed E-state index contributed by atoms with van der Waals surface area (Å²) in [6, 6.07) is 1.46. The molecule has 0 saturated heterocycles. The van der Waals surface area contributed by atoms with Crippen molar-refractivity contribution >= 4 is 46.3 Å². The summed E-state index contributed by atoms with van der Waals surface area (Å²) in [7, 11) is 0. The van der Waals surface area contributed by atoms with Crippen LogP contribution in [-0.4, -0.2) is 22.5 Å². The van der Waals surface area contributed by atoms with E-state index in [0.29, 0.717) is 8.67 Å². The molecule has 0 aromatic carbocycles. The molecular formula is C9H11Cl2N3O2S. The molecule has 1 heterocycles. The number of hydrogen-bond acceptors (Lipinski definition) is 4. The SMILES string of the molecule is CC(C)(NC(=O)c1cc(Cl)sc1Cl)/C(N)=N/O. The van der Waals surface area contributed by atoms with Gasteiger partial charge in [0.1, 0.15) is 4.34 Å². The molecule has 4 N–H and O–H groups in total. The second-order valence-corrected chi connectivity index (χ2v) is 6.09. The van der Waals surface area contributed by atoms with E-state index < -0.39 is 11.4 Å². The van der Waals surface area contributed by atoms with Crippen LogP contribution in [0.25, 0.3) is 0 Å². The van der Waals surface area contributed by atoms with E-state index in [2.05, 4.69) is 10.5 Å². The van der Waals surface area contributed by atoms with Crippen LogP contribution in [0.4, 0.5) is 0 Å². The average Bonchev–Trinajstić information content (AvgIpc) is 2.56. The summed E-state index contributed by atoms with van der Waals surface area (Å²) in [5.74, 6) is -0.543. The lowest BCUT2D eigenvalue weighted by atomic mass is 10.0. The van der Waals surface area contributed by atoms with Gasteiger partial charge in [-0.15, -0.1) is 11.3 Å². The number of amides is 1. The van der Waals surface area contributed by atoms with Crippen molar-refractivity contribution in [1.82, 2.24) is 5.32 Å². The van der Waals surface area contributed by atoms with Crippen molar-refractivity contribution in [3.05, 3.63) is 20.3 Å². The molecule has 1 amide bonds. The van der Waals surface area contributed by atoms with E-state index in [1.54, 1.807) is 13.8 Å². The van der Waals surface area contributed by atoms with Gasteiger partial charge in [-0.25, -0.2) is 0 Å². The highest BCUT2D eigenvalue weighted by molar-refractivity contribution is 7.20. The number of thiophene rings is 1. The molecule has 0 bridgehead atoms. The van der Waals surface area contributed by atoms with Crippen LogP contribution in [0.3, 0.4) is 0 Å². The Hall–Kier alpha value is -0.980. The van der Waals surface area contributed by atoms with Crippen molar-refractivity contribution in [2.45, 2.75) is 19.4 Å². The van der Waals surface area contributed by atoms with Crippen molar-refractivity contribution < 1.29 is 10.0 Å². The standard InChI is InChI=1S/C9H11Cl2N3O2S/c1-9(2,8(12)14-16)13-7(15)4-3-5(10)17-6(4)11/h3,16H,1-2H3,(H2,12,14)(H,13,15). The summed E-state index contributed by atoms with van der Waals surface area (Å²) < 4.78 is 0.713. The quantitative estimate of drug-likeness (QED) is 0.346. The number of nitrogens with one attached hydrogen (secondary N) is 1. The number of carbonyl (C=O) groups is 1. The van der Waals surface area contributed by atoms with E-state index in [1.807, 2.05) is 0 Å². The van der Waals surface area contributed by atoms with Gasteiger partial charge in [0, 0.05) is 0 Å². The largest absolute Gasteiger partial charge is 0.409 e. The molecule has 0 saturated carbocycles. The molecule has 94 valence electrons. The minimum Gasteiger partial charge on any atom is -0.409 e. The molecule has 17 heavy (non-hydrogen) atoms. The van der Waals surface area contributed by atoms with Gasteiger partial charge < -0.3 is 16.3 Å². The van der Waals surface area contributed by atoms with Crippen LogP contribution < -0.4 is 11.1 Å². The lowest BCUT2D eigenvalue weighted by Gasteiger charge is -2.24. The minimum atomic E-state index is -0.983. The number of amidine groups is 1. The van der Waals surface area contributed by atoms with Gasteiger partial charge in [0.25, 0.3) is 5.91 Å². The highest BCUT2D eigenvalue weighted by Crippen LogP contribution is 2.31. The molecule has 0 aliphatic rings. The molecule has 0 aliphatic heterocycles. The van der Waals surface area contributed by atoms with E-state index in [-0.39, 0.29) is 11.4 Å². The van der Waals surface area contributed by atoms with E-state index in [9.17, 15) is 4.79 Å². The van der Waals surface area contributed by atoms with Crippen molar-refractivity contribution in [2.24, 2.45) is 10.9 Å². The van der Waals surface area contributed by atoms with E-state index >= 15 is 0 Å². The average molecular weight is 296 g/mol. The highest BCUT2D eigenvalue weighted by Gasteiger charge is 2.27. The van der Waals surface area contributed by atoms with E-state index in [1.165, 1.54) is 6.07 Å². The first-order valence-corrected chi connectivity index (χ1v) is 6.10. The maximum absolute atomic E-state index is 11.9. The Morgan fingerprint density at radius 2 is 2.18 bits per heavy atom. The fourth-order valence-corrected chi connectivity index (χ4v) is 2.49. The monoisotopic (exact) mass is 295 g/mol. The number of rotatable bonds is 3. The number of hydrogen-bond donors (Lipinski definition) is 3. The number of carbonyl (C=O) groups excluding carboxylic acids is 1. The zero-order valence-electron chi connectivity index (χ0n) is 9.12. The van der Waals surface area contributed by atoms with Gasteiger partial charge >= 0.3 is 0 Å². The van der Waals surface area contributed by atoms with Crippen LogP contribution in [0.2, 0.25) is 8.67 Å². The van der Waals surface area contributed by atoms with E-state index in [0.717, 1.165) is 11.3 Å². The first-order valence-electron chi connectivity index (χ1n) is 4.53. The molecule has 5 nitrogen and oxygen atoms in total. The normalized spacial score (nSPS) is 12.6. The Morgan fingerprint density at radius 1 is 1.59 bits per heavy atom. The van der Waals surface area contributed by atoms with Gasteiger partial charge in [-0.3, -0.25) is 4.79 Å². The highest BCUT2D eigenvalue weighted by atomic mass is 35.5. The van der Waals surface area contributed by atoms with Crippen LogP contribution in [-0.2, 0) is 0 Å². The zero-order valence-corrected chi connectivity index (χ0v) is 11.4. The number of halogens is 2. The second kappa shape index (κ2) is 5.12. The van der Waals surface area contributed by atoms with Crippen molar-refractivity contribution in [3.8, 4) is 0 Å². The molecular weight excluding hydrogens is 285 g/mol. The van der Waals surface area contributed by atoms with Crippen molar-refractivity contribution in [1.29, 1.82) is 0 Å². The number of nitrogens with zero attached hydrogens (tertiary/aromatic N) is 1. The summed E-state index contributed by atoms with van der Waals surface area (Å²) in [6.07, 6.45) is 0. The minimum absolute atomic E-state index is 0.108. The van der Waals surface area contributed by atoms with Crippen LogP contribution in [0, 0.1) is 0 Å². The summed E-state index contributed by atoms with van der Waals surface area (Å²) in [5.41, 5.74) is 4.73. The van der Waals surface area contributed by atoms with Crippen LogP contribution in [0.1, 0.15) is 24.2 Å². The lowest BCUT2D eigenvalue weighted by Crippen LogP contribution is -2.53. The predicted molar refractivity (Wildman–Crippen MR) is 69.3 cm³/mol. The summed E-state index contributed by atoms with van der Waals surface area (Å²) >= 11 is 12.7. The molecule has 0 unspecified atom stereocenters. The molecule has 0 spiro atoms. The number of oxime groups is 1.